The van der Waals surface area contributed by atoms with E-state index in [0.717, 1.165) is 0 Å². The maximum absolute atomic E-state index is 12.2. The van der Waals surface area contributed by atoms with Gasteiger partial charge in [0.25, 0.3) is 0 Å². The summed E-state index contributed by atoms with van der Waals surface area (Å²) in [5, 5.41) is 11.8. The number of carboxylic acid groups (broad SMARTS) is 1. The molecule has 3 heterocycles. The number of pyridine rings is 1. The van der Waals surface area contributed by atoms with E-state index >= 15 is 0 Å². The van der Waals surface area contributed by atoms with Gasteiger partial charge < -0.3 is 15.2 Å². The first kappa shape index (κ1) is 11.9. The number of hydrogen-bond donors (Lipinski definition) is 2. The number of carbonyl (C=O) groups excluding carboxylic acids is 1. The Morgan fingerprint density at radius 3 is 2.58 bits per heavy atom. The average Bonchev–Trinajstić information content (AvgIpc) is 2.99. The number of amides is 1. The van der Waals surface area contributed by atoms with Gasteiger partial charge in [-0.2, -0.15) is 0 Å². The van der Waals surface area contributed by atoms with Gasteiger partial charge in [0.2, 0.25) is 5.91 Å². The minimum absolute atomic E-state index is 0.372. The zero-order valence-electron chi connectivity index (χ0n) is 9.89. The van der Waals surface area contributed by atoms with Gasteiger partial charge in [-0.05, 0) is 12.1 Å². The highest BCUT2D eigenvalue weighted by Crippen LogP contribution is 2.39. The second-order valence-corrected chi connectivity index (χ2v) is 4.54. The van der Waals surface area contributed by atoms with Gasteiger partial charge in [0, 0.05) is 6.20 Å². The Kier molecular flexibility index (Phi) is 2.79. The highest BCUT2D eigenvalue weighted by atomic mass is 16.5. The minimum Gasteiger partial charge on any atom is -0.481 e. The van der Waals surface area contributed by atoms with E-state index in [1.807, 2.05) is 0 Å². The molecule has 1 amide bonds. The SMILES string of the molecule is O=C(O)[C@@H]1[C@@H](C(=O)Nc2ccccn2)[C@H]2C=C[C@@H]1O2. The van der Waals surface area contributed by atoms with Crippen molar-refractivity contribution in [3.05, 3.63) is 36.5 Å². The van der Waals surface area contributed by atoms with Crippen molar-refractivity contribution in [2.45, 2.75) is 12.2 Å². The Labute approximate surface area is 109 Å². The number of ether oxygens (including phenoxy) is 1. The van der Waals surface area contributed by atoms with E-state index in [2.05, 4.69) is 10.3 Å². The molecule has 0 spiro atoms. The molecule has 2 N–H and O–H groups in total. The van der Waals surface area contributed by atoms with Crippen molar-refractivity contribution in [1.82, 2.24) is 4.98 Å². The van der Waals surface area contributed by atoms with Crippen LogP contribution in [-0.2, 0) is 14.3 Å². The van der Waals surface area contributed by atoms with Gasteiger partial charge in [-0.15, -0.1) is 0 Å². The van der Waals surface area contributed by atoms with Crippen LogP contribution in [-0.4, -0.2) is 34.2 Å². The van der Waals surface area contributed by atoms with Crippen molar-refractivity contribution in [2.75, 3.05) is 5.32 Å². The first-order valence-corrected chi connectivity index (χ1v) is 5.95. The Hall–Kier alpha value is -2.21. The molecule has 6 nitrogen and oxygen atoms in total. The maximum Gasteiger partial charge on any atom is 0.310 e. The lowest BCUT2D eigenvalue weighted by atomic mass is 9.82. The second kappa shape index (κ2) is 4.47. The topological polar surface area (TPSA) is 88.5 Å². The zero-order valence-corrected chi connectivity index (χ0v) is 9.89. The summed E-state index contributed by atoms with van der Waals surface area (Å²) in [5.41, 5.74) is 0. The Morgan fingerprint density at radius 2 is 1.95 bits per heavy atom. The third kappa shape index (κ3) is 2.00. The first-order valence-electron chi connectivity index (χ1n) is 5.95. The molecule has 1 aromatic rings. The summed E-state index contributed by atoms with van der Waals surface area (Å²) in [7, 11) is 0. The van der Waals surface area contributed by atoms with Crippen molar-refractivity contribution < 1.29 is 19.4 Å². The van der Waals surface area contributed by atoms with Gasteiger partial charge in [0.05, 0.1) is 18.1 Å². The summed E-state index contributed by atoms with van der Waals surface area (Å²) in [5.74, 6) is -2.53. The molecule has 6 heteroatoms. The maximum atomic E-state index is 12.2. The number of carboxylic acids is 1. The number of aromatic nitrogens is 1. The summed E-state index contributed by atoms with van der Waals surface area (Å²) in [6.07, 6.45) is 4.03. The number of carbonyl (C=O) groups is 2. The van der Waals surface area contributed by atoms with Crippen LogP contribution in [0.4, 0.5) is 5.82 Å². The molecule has 1 aromatic heterocycles. The molecule has 0 aliphatic carbocycles. The van der Waals surface area contributed by atoms with Crippen LogP contribution in [0.1, 0.15) is 0 Å². The van der Waals surface area contributed by atoms with E-state index in [1.165, 1.54) is 0 Å². The molecule has 2 aliphatic heterocycles. The standard InChI is InChI=1S/C13H12N2O4/c16-12(15-9-3-1-2-6-14-9)10-7-4-5-8(19-7)11(10)13(17)18/h1-8,10-11H,(H,17,18)(H,14,15,16)/t7-,8+,10+,11+/m1/s1. The lowest BCUT2D eigenvalue weighted by Crippen LogP contribution is -2.39. The summed E-state index contributed by atoms with van der Waals surface area (Å²) >= 11 is 0. The molecule has 1 fully saturated rings. The molecule has 98 valence electrons. The molecule has 0 saturated carbocycles. The Balaban J connectivity index is 1.79. The molecule has 2 bridgehead atoms. The van der Waals surface area contributed by atoms with Crippen LogP contribution in [0.5, 0.6) is 0 Å². The third-order valence-electron chi connectivity index (χ3n) is 3.40. The summed E-state index contributed by atoms with van der Waals surface area (Å²) in [6, 6.07) is 5.13. The molecule has 3 rings (SSSR count). The van der Waals surface area contributed by atoms with Gasteiger partial charge in [-0.3, -0.25) is 9.59 Å². The predicted molar refractivity (Wildman–Crippen MR) is 65.3 cm³/mol. The van der Waals surface area contributed by atoms with Crippen molar-refractivity contribution in [2.24, 2.45) is 11.8 Å². The number of hydrogen-bond acceptors (Lipinski definition) is 4. The Morgan fingerprint density at radius 1 is 1.21 bits per heavy atom. The summed E-state index contributed by atoms with van der Waals surface area (Å²) < 4.78 is 5.44. The smallest absolute Gasteiger partial charge is 0.310 e. The average molecular weight is 260 g/mol. The zero-order chi connectivity index (χ0) is 13.4. The van der Waals surface area contributed by atoms with Gasteiger partial charge in [-0.1, -0.05) is 18.2 Å². The van der Waals surface area contributed by atoms with Crippen LogP contribution in [0.2, 0.25) is 0 Å². The highest BCUT2D eigenvalue weighted by Gasteiger charge is 2.53. The fraction of sp³-hybridized carbons (Fsp3) is 0.308. The molecular weight excluding hydrogens is 248 g/mol. The minimum atomic E-state index is -1.02. The van der Waals surface area contributed by atoms with Crippen LogP contribution in [0.15, 0.2) is 36.5 Å². The first-order chi connectivity index (χ1) is 9.16. The van der Waals surface area contributed by atoms with Gasteiger partial charge in [-0.25, -0.2) is 4.98 Å². The second-order valence-electron chi connectivity index (χ2n) is 4.54. The van der Waals surface area contributed by atoms with Crippen molar-refractivity contribution >= 4 is 17.7 Å². The monoisotopic (exact) mass is 260 g/mol. The van der Waals surface area contributed by atoms with E-state index in [4.69, 9.17) is 4.74 Å². The van der Waals surface area contributed by atoms with E-state index in [1.54, 1.807) is 36.5 Å². The summed E-state index contributed by atoms with van der Waals surface area (Å²) in [4.78, 5) is 27.4. The third-order valence-corrected chi connectivity index (χ3v) is 3.40. The fourth-order valence-corrected chi connectivity index (χ4v) is 2.56. The highest BCUT2D eigenvalue weighted by molar-refractivity contribution is 5.96. The van der Waals surface area contributed by atoms with Crippen LogP contribution >= 0.6 is 0 Å². The molecule has 0 aromatic carbocycles. The molecule has 1 saturated heterocycles. The molecule has 4 atom stereocenters. The number of nitrogens with zero attached hydrogens (tertiary/aromatic N) is 1. The fourth-order valence-electron chi connectivity index (χ4n) is 2.56. The van der Waals surface area contributed by atoms with Crippen LogP contribution in [0.25, 0.3) is 0 Å². The van der Waals surface area contributed by atoms with E-state index in [-0.39, 0.29) is 5.91 Å². The number of rotatable bonds is 3. The van der Waals surface area contributed by atoms with E-state index in [0.29, 0.717) is 5.82 Å². The summed E-state index contributed by atoms with van der Waals surface area (Å²) in [6.45, 7) is 0. The molecule has 2 aliphatic rings. The van der Waals surface area contributed by atoms with E-state index in [9.17, 15) is 14.7 Å². The van der Waals surface area contributed by atoms with Crippen molar-refractivity contribution in [3.8, 4) is 0 Å². The van der Waals surface area contributed by atoms with Crippen LogP contribution in [0, 0.1) is 11.8 Å². The number of aliphatic carboxylic acids is 1. The largest absolute Gasteiger partial charge is 0.481 e. The normalized spacial score (nSPS) is 31.4. The van der Waals surface area contributed by atoms with Crippen LogP contribution in [0.3, 0.4) is 0 Å². The number of nitrogens with one attached hydrogen (secondary N) is 1. The molecular formula is C13H12N2O4. The lowest BCUT2D eigenvalue weighted by Gasteiger charge is -2.20. The molecule has 0 unspecified atom stereocenters. The van der Waals surface area contributed by atoms with Crippen molar-refractivity contribution in [3.63, 3.8) is 0 Å². The van der Waals surface area contributed by atoms with Gasteiger partial charge in [0.1, 0.15) is 11.7 Å². The van der Waals surface area contributed by atoms with Crippen molar-refractivity contribution in [1.29, 1.82) is 0 Å². The number of fused-ring (bicyclic) bond motifs is 2. The van der Waals surface area contributed by atoms with E-state index < -0.39 is 30.0 Å². The lowest BCUT2D eigenvalue weighted by molar-refractivity contribution is -0.145. The van der Waals surface area contributed by atoms with Crippen LogP contribution < -0.4 is 5.32 Å². The molecule has 19 heavy (non-hydrogen) atoms. The predicted octanol–water partition coefficient (Wildman–Crippen LogP) is 0.674. The van der Waals surface area contributed by atoms with Gasteiger partial charge >= 0.3 is 5.97 Å². The Bertz CT molecular complexity index is 543. The number of anilines is 1. The quantitative estimate of drug-likeness (QED) is 0.780. The molecule has 0 radical (unpaired) electrons. The van der Waals surface area contributed by atoms with Gasteiger partial charge in [0.15, 0.2) is 0 Å².